The molecule has 0 N–H and O–H groups in total. The Hall–Kier alpha value is -3.17. The molecule has 1 fully saturated rings. The molecule has 9 heteroatoms. The van der Waals surface area contributed by atoms with Crippen molar-refractivity contribution < 1.29 is 9.47 Å². The third-order valence-corrected chi connectivity index (χ3v) is 6.20. The van der Waals surface area contributed by atoms with Crippen LogP contribution in [0, 0.1) is 0 Å². The maximum atomic E-state index is 5.54. The molecule has 168 valence electrons. The highest BCUT2D eigenvalue weighted by Crippen LogP contribution is 2.33. The molecule has 9 nitrogen and oxygen atoms in total. The predicted molar refractivity (Wildman–Crippen MR) is 121 cm³/mol. The van der Waals surface area contributed by atoms with Gasteiger partial charge in [-0.2, -0.15) is 0 Å². The van der Waals surface area contributed by atoms with Gasteiger partial charge in [0.2, 0.25) is 6.79 Å². The molecule has 3 aromatic rings. The topological polar surface area (TPSA) is 71.8 Å². The molecule has 2 aliphatic rings. The van der Waals surface area contributed by atoms with Crippen LogP contribution in [0.2, 0.25) is 0 Å². The number of aromatic nitrogens is 4. The highest BCUT2D eigenvalue weighted by Gasteiger charge is 2.30. The molecule has 2 aromatic carbocycles. The number of fused-ring (bicyclic) bond motifs is 1. The van der Waals surface area contributed by atoms with Gasteiger partial charge in [0.1, 0.15) is 0 Å². The van der Waals surface area contributed by atoms with Gasteiger partial charge in [-0.05, 0) is 52.9 Å². The number of likely N-dealkylation sites (N-methyl/N-ethyl adjacent to an activating group) is 1. The fraction of sp³-hybridized carbons (Fsp3) is 0.435. The van der Waals surface area contributed by atoms with Crippen molar-refractivity contribution in [3.8, 4) is 11.5 Å². The molecular weight excluding hydrogens is 406 g/mol. The maximum absolute atomic E-state index is 5.54. The average Bonchev–Trinajstić information content (AvgIpc) is 3.45. The summed E-state index contributed by atoms with van der Waals surface area (Å²) in [6.07, 6.45) is 0. The Labute approximate surface area is 188 Å². The van der Waals surface area contributed by atoms with E-state index in [1.807, 2.05) is 22.9 Å². The fourth-order valence-electron chi connectivity index (χ4n) is 4.29. The number of rotatable bonds is 6. The van der Waals surface area contributed by atoms with Gasteiger partial charge < -0.3 is 19.3 Å². The lowest BCUT2D eigenvalue weighted by atomic mass is 10.0. The van der Waals surface area contributed by atoms with E-state index in [0.29, 0.717) is 6.54 Å². The zero-order chi connectivity index (χ0) is 22.1. The molecular formula is C23H29N7O2. The van der Waals surface area contributed by atoms with Crippen LogP contribution in [0.3, 0.4) is 0 Å². The van der Waals surface area contributed by atoms with Gasteiger partial charge in [-0.25, -0.2) is 4.68 Å². The second kappa shape index (κ2) is 8.76. The lowest BCUT2D eigenvalue weighted by molar-refractivity contribution is 0.121. The van der Waals surface area contributed by atoms with E-state index < -0.39 is 0 Å². The van der Waals surface area contributed by atoms with Crippen LogP contribution >= 0.6 is 0 Å². The number of tetrazole rings is 1. The first-order valence-corrected chi connectivity index (χ1v) is 10.9. The second-order valence-corrected chi connectivity index (χ2v) is 8.61. The Kier molecular flexibility index (Phi) is 5.67. The summed E-state index contributed by atoms with van der Waals surface area (Å²) in [5, 5.41) is 12.9. The smallest absolute Gasteiger partial charge is 0.231 e. The van der Waals surface area contributed by atoms with E-state index in [4.69, 9.17) is 9.47 Å². The Morgan fingerprint density at radius 1 is 0.969 bits per heavy atom. The van der Waals surface area contributed by atoms with Crippen molar-refractivity contribution in [2.75, 3.05) is 59.0 Å². The van der Waals surface area contributed by atoms with Gasteiger partial charge in [0.25, 0.3) is 0 Å². The zero-order valence-corrected chi connectivity index (χ0v) is 18.8. The molecule has 0 aliphatic carbocycles. The van der Waals surface area contributed by atoms with Crippen molar-refractivity contribution in [2.24, 2.45) is 0 Å². The summed E-state index contributed by atoms with van der Waals surface area (Å²) < 4.78 is 12.9. The summed E-state index contributed by atoms with van der Waals surface area (Å²) in [5.74, 6) is 2.40. The number of piperazine rings is 1. The normalized spacial score (nSPS) is 17.5. The average molecular weight is 436 g/mol. The Bertz CT molecular complexity index is 1060. The van der Waals surface area contributed by atoms with Crippen LogP contribution in [-0.4, -0.2) is 84.1 Å². The first kappa shape index (κ1) is 20.7. The molecule has 32 heavy (non-hydrogen) atoms. The van der Waals surface area contributed by atoms with Gasteiger partial charge in [0.15, 0.2) is 17.3 Å². The molecule has 0 unspecified atom stereocenters. The van der Waals surface area contributed by atoms with Crippen molar-refractivity contribution in [1.82, 2.24) is 30.0 Å². The molecule has 1 atom stereocenters. The van der Waals surface area contributed by atoms with Crippen LogP contribution in [-0.2, 0) is 6.54 Å². The molecule has 1 saturated heterocycles. The highest BCUT2D eigenvalue weighted by molar-refractivity contribution is 5.47. The monoisotopic (exact) mass is 435 g/mol. The van der Waals surface area contributed by atoms with Gasteiger partial charge in [0, 0.05) is 46.0 Å². The van der Waals surface area contributed by atoms with E-state index in [1.54, 1.807) is 0 Å². The Morgan fingerprint density at radius 3 is 2.47 bits per heavy atom. The van der Waals surface area contributed by atoms with Gasteiger partial charge >= 0.3 is 0 Å². The van der Waals surface area contributed by atoms with Crippen LogP contribution in [0.4, 0.5) is 5.69 Å². The quantitative estimate of drug-likeness (QED) is 0.581. The van der Waals surface area contributed by atoms with Crippen LogP contribution < -0.4 is 14.4 Å². The highest BCUT2D eigenvalue weighted by atomic mass is 16.7. The summed E-state index contributed by atoms with van der Waals surface area (Å²) in [5.41, 5.74) is 3.44. The number of hydrogen-bond donors (Lipinski definition) is 0. The van der Waals surface area contributed by atoms with Gasteiger partial charge in [-0.15, -0.1) is 5.10 Å². The van der Waals surface area contributed by atoms with Gasteiger partial charge in [-0.1, -0.05) is 18.2 Å². The van der Waals surface area contributed by atoms with E-state index in [1.165, 1.54) is 11.3 Å². The second-order valence-electron chi connectivity index (χ2n) is 8.61. The SMILES string of the molecule is CN1CCN([C@H](c2ccc(N(C)C)cc2)c2nnnn2Cc2ccc3c(c2)OCO3)CC1. The molecule has 5 rings (SSSR count). The molecule has 0 radical (unpaired) electrons. The summed E-state index contributed by atoms with van der Waals surface area (Å²) >= 11 is 0. The molecule has 3 heterocycles. The molecule has 2 aliphatic heterocycles. The molecule has 0 spiro atoms. The third-order valence-electron chi connectivity index (χ3n) is 6.20. The first-order valence-electron chi connectivity index (χ1n) is 10.9. The van der Waals surface area contributed by atoms with Crippen LogP contribution in [0.1, 0.15) is 23.0 Å². The van der Waals surface area contributed by atoms with Gasteiger partial charge in [-0.3, -0.25) is 4.90 Å². The number of nitrogens with zero attached hydrogens (tertiary/aromatic N) is 7. The van der Waals surface area contributed by atoms with Crippen molar-refractivity contribution in [3.05, 3.63) is 59.4 Å². The molecule has 1 aromatic heterocycles. The van der Waals surface area contributed by atoms with E-state index in [0.717, 1.165) is 49.1 Å². The van der Waals surface area contributed by atoms with Crippen molar-refractivity contribution in [2.45, 2.75) is 12.6 Å². The lowest BCUT2D eigenvalue weighted by Crippen LogP contribution is -2.46. The van der Waals surface area contributed by atoms with Crippen LogP contribution in [0.5, 0.6) is 11.5 Å². The largest absolute Gasteiger partial charge is 0.454 e. The first-order chi connectivity index (χ1) is 15.6. The molecule has 0 amide bonds. The molecule has 0 saturated carbocycles. The fourth-order valence-corrected chi connectivity index (χ4v) is 4.29. The van der Waals surface area contributed by atoms with E-state index in [-0.39, 0.29) is 12.8 Å². The van der Waals surface area contributed by atoms with E-state index in [2.05, 4.69) is 75.6 Å². The summed E-state index contributed by atoms with van der Waals surface area (Å²) in [4.78, 5) is 6.95. The minimum absolute atomic E-state index is 0.0103. The van der Waals surface area contributed by atoms with E-state index in [9.17, 15) is 0 Å². The predicted octanol–water partition coefficient (Wildman–Crippen LogP) is 1.85. The van der Waals surface area contributed by atoms with Crippen LogP contribution in [0.15, 0.2) is 42.5 Å². The van der Waals surface area contributed by atoms with Crippen LogP contribution in [0.25, 0.3) is 0 Å². The summed E-state index contributed by atoms with van der Waals surface area (Å²) in [7, 11) is 6.28. The maximum Gasteiger partial charge on any atom is 0.231 e. The number of anilines is 1. The minimum atomic E-state index is -0.0103. The molecule has 0 bridgehead atoms. The Balaban J connectivity index is 1.47. The summed E-state index contributed by atoms with van der Waals surface area (Å²) in [6, 6.07) is 14.7. The van der Waals surface area contributed by atoms with Crippen molar-refractivity contribution >= 4 is 5.69 Å². The number of benzene rings is 2. The van der Waals surface area contributed by atoms with Gasteiger partial charge in [0.05, 0.1) is 12.6 Å². The lowest BCUT2D eigenvalue weighted by Gasteiger charge is -2.37. The Morgan fingerprint density at radius 2 is 1.72 bits per heavy atom. The third kappa shape index (κ3) is 4.13. The zero-order valence-electron chi connectivity index (χ0n) is 18.8. The van der Waals surface area contributed by atoms with E-state index >= 15 is 0 Å². The van der Waals surface area contributed by atoms with Crippen molar-refractivity contribution in [3.63, 3.8) is 0 Å². The summed E-state index contributed by atoms with van der Waals surface area (Å²) in [6.45, 7) is 4.81. The number of ether oxygens (including phenoxy) is 2. The number of hydrogen-bond acceptors (Lipinski definition) is 8. The van der Waals surface area contributed by atoms with Crippen molar-refractivity contribution in [1.29, 1.82) is 0 Å². The standard InChI is InChI=1S/C23H29N7O2/c1-27(2)19-7-5-18(6-8-19)22(29-12-10-28(3)11-13-29)23-24-25-26-30(23)15-17-4-9-20-21(14-17)32-16-31-20/h4-9,14,22H,10-13,15-16H2,1-3H3/t22-/m1/s1. The minimum Gasteiger partial charge on any atom is -0.454 e.